The van der Waals surface area contributed by atoms with Gasteiger partial charge in [-0.25, -0.2) is 8.78 Å². The standard InChI is InChI=1S/C7H7F2NO/c8-7(9)5-2-1-3-11-6(5,7)4-10/h5H,1-3H2/t5-,6+/m0/s1. The fraction of sp³-hybridized carbons (Fsp3) is 0.857. The molecule has 1 aliphatic heterocycles. The first kappa shape index (κ1) is 6.99. The van der Waals surface area contributed by atoms with Gasteiger partial charge in [0.15, 0.2) is 0 Å². The Balaban J connectivity index is 2.28. The van der Waals surface area contributed by atoms with Crippen LogP contribution in [0.1, 0.15) is 12.8 Å². The first-order valence-electron chi connectivity index (χ1n) is 3.58. The van der Waals surface area contributed by atoms with Crippen LogP contribution in [0.25, 0.3) is 0 Å². The third-order valence-corrected chi connectivity index (χ3v) is 2.47. The summed E-state index contributed by atoms with van der Waals surface area (Å²) in [5, 5.41) is 8.47. The number of rotatable bonds is 0. The average Bonchev–Trinajstić information content (AvgIpc) is 2.52. The van der Waals surface area contributed by atoms with E-state index in [4.69, 9.17) is 10.00 Å². The van der Waals surface area contributed by atoms with Gasteiger partial charge in [-0.15, -0.1) is 0 Å². The van der Waals surface area contributed by atoms with E-state index < -0.39 is 17.4 Å². The van der Waals surface area contributed by atoms with Crippen LogP contribution in [0, 0.1) is 17.2 Å². The Morgan fingerprint density at radius 2 is 2.27 bits per heavy atom. The Morgan fingerprint density at radius 3 is 2.73 bits per heavy atom. The monoisotopic (exact) mass is 159 g/mol. The molecule has 0 bridgehead atoms. The van der Waals surface area contributed by atoms with E-state index >= 15 is 0 Å². The first-order chi connectivity index (χ1) is 5.15. The second-order valence-electron chi connectivity index (χ2n) is 3.01. The molecule has 0 aromatic carbocycles. The van der Waals surface area contributed by atoms with Crippen molar-refractivity contribution in [3.8, 4) is 6.07 Å². The summed E-state index contributed by atoms with van der Waals surface area (Å²) in [6, 6.07) is 1.57. The van der Waals surface area contributed by atoms with Crippen LogP contribution < -0.4 is 0 Å². The van der Waals surface area contributed by atoms with Gasteiger partial charge in [0.1, 0.15) is 6.07 Å². The highest BCUT2D eigenvalue weighted by Crippen LogP contribution is 2.64. The van der Waals surface area contributed by atoms with Gasteiger partial charge in [-0.2, -0.15) is 5.26 Å². The summed E-state index contributed by atoms with van der Waals surface area (Å²) in [6.07, 6.45) is 1.06. The van der Waals surface area contributed by atoms with Gasteiger partial charge < -0.3 is 4.74 Å². The van der Waals surface area contributed by atoms with Crippen molar-refractivity contribution in [1.82, 2.24) is 0 Å². The van der Waals surface area contributed by atoms with Gasteiger partial charge in [0, 0.05) is 6.61 Å². The van der Waals surface area contributed by atoms with Gasteiger partial charge in [-0.1, -0.05) is 0 Å². The van der Waals surface area contributed by atoms with E-state index in [1.807, 2.05) is 0 Å². The number of fused-ring (bicyclic) bond motifs is 1. The summed E-state index contributed by atoms with van der Waals surface area (Å²) in [7, 11) is 0. The van der Waals surface area contributed by atoms with Gasteiger partial charge in [-0.3, -0.25) is 0 Å². The van der Waals surface area contributed by atoms with Gasteiger partial charge in [0.25, 0.3) is 5.92 Å². The lowest BCUT2D eigenvalue weighted by Gasteiger charge is -2.12. The summed E-state index contributed by atoms with van der Waals surface area (Å²) in [5.41, 5.74) is -1.74. The molecule has 11 heavy (non-hydrogen) atoms. The van der Waals surface area contributed by atoms with Crippen molar-refractivity contribution in [2.24, 2.45) is 5.92 Å². The molecular weight excluding hydrogens is 152 g/mol. The second kappa shape index (κ2) is 1.72. The number of halogens is 2. The van der Waals surface area contributed by atoms with Crippen molar-refractivity contribution in [3.05, 3.63) is 0 Å². The third-order valence-electron chi connectivity index (χ3n) is 2.47. The maximum absolute atomic E-state index is 12.8. The second-order valence-corrected chi connectivity index (χ2v) is 3.01. The molecule has 0 radical (unpaired) electrons. The van der Waals surface area contributed by atoms with Crippen molar-refractivity contribution in [3.63, 3.8) is 0 Å². The van der Waals surface area contributed by atoms with Crippen LogP contribution >= 0.6 is 0 Å². The Labute approximate surface area is 62.8 Å². The molecule has 0 unspecified atom stereocenters. The molecule has 2 atom stereocenters. The third kappa shape index (κ3) is 0.579. The molecule has 0 spiro atoms. The molecular formula is C7H7F2NO. The molecule has 1 saturated heterocycles. The molecule has 2 nitrogen and oxygen atoms in total. The van der Waals surface area contributed by atoms with E-state index in [2.05, 4.69) is 0 Å². The number of alkyl halides is 2. The lowest BCUT2D eigenvalue weighted by atomic mass is 10.1. The molecule has 0 aromatic rings. The summed E-state index contributed by atoms with van der Waals surface area (Å²) in [6.45, 7) is 0.291. The van der Waals surface area contributed by atoms with Gasteiger partial charge in [-0.05, 0) is 12.8 Å². The zero-order valence-electron chi connectivity index (χ0n) is 5.81. The minimum absolute atomic E-state index is 0.291. The predicted octanol–water partition coefficient (Wildman–Crippen LogP) is 1.32. The average molecular weight is 159 g/mol. The number of hydrogen-bond acceptors (Lipinski definition) is 2. The van der Waals surface area contributed by atoms with E-state index in [0.717, 1.165) is 0 Å². The van der Waals surface area contributed by atoms with Crippen LogP contribution in [0.5, 0.6) is 0 Å². The molecule has 60 valence electrons. The van der Waals surface area contributed by atoms with Gasteiger partial charge >= 0.3 is 0 Å². The Hall–Kier alpha value is -0.690. The lowest BCUT2D eigenvalue weighted by Crippen LogP contribution is -2.23. The van der Waals surface area contributed by atoms with Crippen molar-refractivity contribution in [2.45, 2.75) is 24.4 Å². The minimum Gasteiger partial charge on any atom is -0.354 e. The maximum Gasteiger partial charge on any atom is 0.296 e. The summed E-state index contributed by atoms with van der Waals surface area (Å²) in [4.78, 5) is 0. The SMILES string of the molecule is N#C[C@@]12OCCC[C@@H]1C2(F)F. The molecule has 0 amide bonds. The maximum atomic E-state index is 12.8. The summed E-state index contributed by atoms with van der Waals surface area (Å²) >= 11 is 0. The van der Waals surface area contributed by atoms with E-state index in [1.165, 1.54) is 0 Å². The molecule has 1 heterocycles. The van der Waals surface area contributed by atoms with Gasteiger partial charge in [0.05, 0.1) is 5.92 Å². The van der Waals surface area contributed by atoms with Gasteiger partial charge in [0.2, 0.25) is 5.60 Å². The van der Waals surface area contributed by atoms with Crippen molar-refractivity contribution in [1.29, 1.82) is 5.26 Å². The largest absolute Gasteiger partial charge is 0.354 e. The Morgan fingerprint density at radius 1 is 1.55 bits per heavy atom. The van der Waals surface area contributed by atoms with Crippen LogP contribution in [-0.4, -0.2) is 18.1 Å². The molecule has 1 aliphatic carbocycles. The molecule has 4 heteroatoms. The van der Waals surface area contributed by atoms with E-state index in [1.54, 1.807) is 6.07 Å². The van der Waals surface area contributed by atoms with Crippen LogP contribution in [-0.2, 0) is 4.74 Å². The first-order valence-corrected chi connectivity index (χ1v) is 3.58. The fourth-order valence-electron chi connectivity index (χ4n) is 1.73. The highest BCUT2D eigenvalue weighted by Gasteiger charge is 2.84. The Bertz CT molecular complexity index is 235. The predicted molar refractivity (Wildman–Crippen MR) is 32.0 cm³/mol. The van der Waals surface area contributed by atoms with Crippen molar-refractivity contribution < 1.29 is 13.5 Å². The number of nitrogens with zero attached hydrogens (tertiary/aromatic N) is 1. The summed E-state index contributed by atoms with van der Waals surface area (Å²) in [5.74, 6) is -3.73. The smallest absolute Gasteiger partial charge is 0.296 e. The number of nitriles is 1. The van der Waals surface area contributed by atoms with Crippen molar-refractivity contribution in [2.75, 3.05) is 6.61 Å². The molecule has 0 N–H and O–H groups in total. The molecule has 2 aliphatic rings. The lowest BCUT2D eigenvalue weighted by molar-refractivity contribution is -0.0262. The quantitative estimate of drug-likeness (QED) is 0.534. The van der Waals surface area contributed by atoms with Crippen LogP contribution in [0.15, 0.2) is 0 Å². The van der Waals surface area contributed by atoms with Crippen molar-refractivity contribution >= 4 is 0 Å². The molecule has 1 saturated carbocycles. The van der Waals surface area contributed by atoms with E-state index in [-0.39, 0.29) is 0 Å². The number of ether oxygens (including phenoxy) is 1. The normalized spacial score (nSPS) is 45.7. The molecule has 2 rings (SSSR count). The van der Waals surface area contributed by atoms with E-state index in [9.17, 15) is 8.78 Å². The summed E-state index contributed by atoms with van der Waals surface area (Å²) < 4.78 is 30.4. The highest BCUT2D eigenvalue weighted by molar-refractivity contribution is 5.33. The zero-order chi connectivity index (χ0) is 8.11. The van der Waals surface area contributed by atoms with Crippen LogP contribution in [0.2, 0.25) is 0 Å². The number of hydrogen-bond donors (Lipinski definition) is 0. The zero-order valence-corrected chi connectivity index (χ0v) is 5.81. The van der Waals surface area contributed by atoms with Crippen LogP contribution in [0.4, 0.5) is 8.78 Å². The molecule has 2 fully saturated rings. The van der Waals surface area contributed by atoms with E-state index in [0.29, 0.717) is 19.4 Å². The molecule has 0 aromatic heterocycles. The highest BCUT2D eigenvalue weighted by atomic mass is 19.3. The van der Waals surface area contributed by atoms with Crippen LogP contribution in [0.3, 0.4) is 0 Å². The topological polar surface area (TPSA) is 33.0 Å². The fourth-order valence-corrected chi connectivity index (χ4v) is 1.73. The minimum atomic E-state index is -2.89. The Kier molecular flexibility index (Phi) is 1.10.